The van der Waals surface area contributed by atoms with Crippen molar-refractivity contribution >= 4 is 51.4 Å². The molecule has 1 unspecified atom stereocenters. The second-order valence-corrected chi connectivity index (χ2v) is 20.5. The highest BCUT2D eigenvalue weighted by molar-refractivity contribution is 5.98. The second-order valence-electron chi connectivity index (χ2n) is 20.5. The first kappa shape index (κ1) is 61.1. The predicted octanol–water partition coefficient (Wildman–Crippen LogP) is 4.81. The number of nitrogens with zero attached hydrogens (tertiary/aromatic N) is 4. The van der Waals surface area contributed by atoms with Gasteiger partial charge in [-0.1, -0.05) is 19.1 Å². The van der Waals surface area contributed by atoms with E-state index in [1.54, 1.807) is 0 Å². The molecule has 0 aliphatic carbocycles. The van der Waals surface area contributed by atoms with Crippen molar-refractivity contribution in [2.75, 3.05) is 155 Å². The van der Waals surface area contributed by atoms with Gasteiger partial charge in [0.2, 0.25) is 11.8 Å². The van der Waals surface area contributed by atoms with Gasteiger partial charge in [0, 0.05) is 93.3 Å². The number of benzene rings is 3. The molecule has 1 spiro atoms. The number of aliphatic hydroxyl groups excluding tert-OH is 1. The topological polar surface area (TPSA) is 293 Å². The lowest BCUT2D eigenvalue weighted by Gasteiger charge is -2.46. The monoisotopic (exact) mass is 1120 g/mol. The molecule has 4 heterocycles. The van der Waals surface area contributed by atoms with Crippen LogP contribution in [0.15, 0.2) is 60.7 Å². The lowest BCUT2D eigenvalue weighted by atomic mass is 9.67. The zero-order chi connectivity index (χ0) is 56.7. The number of aromatic amines is 1. The summed E-state index contributed by atoms with van der Waals surface area (Å²) in [6.45, 7) is 14.3. The largest absolute Gasteiger partial charge is 0.491 e. The van der Waals surface area contributed by atoms with E-state index in [0.717, 1.165) is 55.9 Å². The van der Waals surface area contributed by atoms with Gasteiger partial charge in [-0.05, 0) is 92.1 Å². The van der Waals surface area contributed by atoms with E-state index >= 15 is 0 Å². The van der Waals surface area contributed by atoms with Crippen LogP contribution < -0.4 is 26.0 Å². The van der Waals surface area contributed by atoms with Crippen molar-refractivity contribution in [3.05, 3.63) is 97.7 Å². The lowest BCUT2D eigenvalue weighted by Crippen LogP contribution is -2.52. The van der Waals surface area contributed by atoms with E-state index in [-0.39, 0.29) is 86.2 Å². The van der Waals surface area contributed by atoms with E-state index in [1.165, 1.54) is 28.9 Å². The van der Waals surface area contributed by atoms with Crippen LogP contribution in [0.4, 0.5) is 22.7 Å². The molecule has 0 bridgehead atoms. The number of carbonyl (C=O) groups is 3. The molecule has 3 aliphatic rings. The van der Waals surface area contributed by atoms with Crippen molar-refractivity contribution in [1.82, 2.24) is 25.4 Å². The number of β-amino-alcohol motifs (C(OH)–C–C–N with tert-alkyl or cyclic N) is 1. The highest BCUT2D eigenvalue weighted by Crippen LogP contribution is 2.47. The molecule has 1 aromatic heterocycles. The first-order chi connectivity index (χ1) is 38.8. The molecule has 7 rings (SSSR count). The molecule has 3 atom stereocenters. The smallest absolute Gasteiger partial charge is 0.299 e. The molecular formula is C56H79N9O15. The number of hydrogen-bond donors (Lipinski definition) is 6. The lowest BCUT2D eigenvalue weighted by molar-refractivity contribution is -0.393. The molecule has 6 N–H and O–H groups in total. The number of fused-ring (bicyclic) bond motifs is 3. The molecule has 3 amide bonds. The molecule has 3 aromatic carbocycles. The molecule has 2 fully saturated rings. The Balaban J connectivity index is 0.620. The average molecular weight is 1120 g/mol. The van der Waals surface area contributed by atoms with E-state index < -0.39 is 21.6 Å². The highest BCUT2D eigenvalue weighted by Gasteiger charge is 2.46. The number of likely N-dealkylation sites (tertiary alicyclic amines) is 2. The number of anilines is 2. The Hall–Kier alpha value is -6.51. The number of hydrogen-bond acceptors (Lipinski definition) is 18. The third kappa shape index (κ3) is 18.3. The summed E-state index contributed by atoms with van der Waals surface area (Å²) >= 11 is 0. The second kappa shape index (κ2) is 31.5. The number of H-pyrrole nitrogens is 1. The van der Waals surface area contributed by atoms with Gasteiger partial charge in [0.05, 0.1) is 101 Å². The van der Waals surface area contributed by atoms with Crippen molar-refractivity contribution in [2.24, 2.45) is 11.8 Å². The number of nitro benzene ring substituents is 2. The van der Waals surface area contributed by atoms with Crippen molar-refractivity contribution in [3.63, 3.8) is 0 Å². The van der Waals surface area contributed by atoms with Gasteiger partial charge in [-0.25, -0.2) is 0 Å². The predicted molar refractivity (Wildman–Crippen MR) is 298 cm³/mol. The summed E-state index contributed by atoms with van der Waals surface area (Å²) in [6.07, 6.45) is 2.29. The van der Waals surface area contributed by atoms with Crippen LogP contribution in [0.3, 0.4) is 0 Å². The van der Waals surface area contributed by atoms with Crippen LogP contribution >= 0.6 is 0 Å². The standard InChI is InChI=1S/C56H79N9O15/c1-40-3-6-46-49(33-40)60-39-56(46)13-19-62(37-41(56)2)38-52(66)42-11-17-63(18-12-42)55(69)50-35-43-34-45(5-8-47(43)61-50)80-32-31-79-30-29-78-28-25-76-22-16-59-54(68)10-9-53(67)58-15-21-75-24-27-77-26-23-74-20-14-57-48-7-4-44(64(70)71)36-51(48)65(72)73/h3-8,33-36,41-42,52,57,60-61,66H,9-32,37-39H2,1-2H3,(H,58,67)(H,59,68)/t41-,52?,56+/m1/s1. The van der Waals surface area contributed by atoms with Crippen LogP contribution in [0.1, 0.15) is 60.6 Å². The number of aromatic nitrogens is 1. The number of rotatable bonds is 35. The molecule has 3 aliphatic heterocycles. The first-order valence-corrected chi connectivity index (χ1v) is 27.8. The van der Waals surface area contributed by atoms with Gasteiger partial charge >= 0.3 is 0 Å². The van der Waals surface area contributed by atoms with Gasteiger partial charge < -0.3 is 74.3 Å². The number of nitro groups is 2. The van der Waals surface area contributed by atoms with E-state index in [9.17, 15) is 39.7 Å². The minimum absolute atomic E-state index is 0.0334. The Labute approximate surface area is 466 Å². The number of amides is 3. The van der Waals surface area contributed by atoms with Crippen LogP contribution in [0.5, 0.6) is 5.75 Å². The Morgan fingerprint density at radius 1 is 0.738 bits per heavy atom. The van der Waals surface area contributed by atoms with Gasteiger partial charge in [0.25, 0.3) is 17.3 Å². The van der Waals surface area contributed by atoms with Crippen molar-refractivity contribution in [3.8, 4) is 5.75 Å². The van der Waals surface area contributed by atoms with Crippen LogP contribution in [0, 0.1) is 39.0 Å². The number of piperidine rings is 2. The summed E-state index contributed by atoms with van der Waals surface area (Å²) in [7, 11) is 0. The maximum absolute atomic E-state index is 13.6. The molecule has 80 heavy (non-hydrogen) atoms. The zero-order valence-corrected chi connectivity index (χ0v) is 46.0. The number of non-ortho nitro benzene ring substituents is 1. The average Bonchev–Trinajstić information content (AvgIpc) is 4.13. The number of nitrogens with one attached hydrogen (secondary N) is 5. The summed E-state index contributed by atoms with van der Waals surface area (Å²) in [4.78, 5) is 66.1. The molecular weight excluding hydrogens is 1040 g/mol. The molecule has 2 saturated heterocycles. The van der Waals surface area contributed by atoms with Crippen LogP contribution in [-0.4, -0.2) is 198 Å². The molecule has 4 aromatic rings. The summed E-state index contributed by atoms with van der Waals surface area (Å²) in [5.41, 5.74) is 4.94. The number of aryl methyl sites for hydroxylation is 1. The summed E-state index contributed by atoms with van der Waals surface area (Å²) < 4.78 is 39.0. The molecule has 0 radical (unpaired) electrons. The Bertz CT molecular complexity index is 2650. The minimum atomic E-state index is -0.696. The molecule has 438 valence electrons. The van der Waals surface area contributed by atoms with Gasteiger partial charge in [-0.3, -0.25) is 34.6 Å². The van der Waals surface area contributed by atoms with Gasteiger partial charge in [0.15, 0.2) is 0 Å². The Morgan fingerprint density at radius 2 is 1.35 bits per heavy atom. The normalized spacial score (nSPS) is 17.7. The fourth-order valence-corrected chi connectivity index (χ4v) is 10.5. The zero-order valence-electron chi connectivity index (χ0n) is 46.0. The highest BCUT2D eigenvalue weighted by atomic mass is 16.6. The van der Waals surface area contributed by atoms with E-state index in [0.29, 0.717) is 110 Å². The van der Waals surface area contributed by atoms with Gasteiger partial charge in [-0.15, -0.1) is 0 Å². The van der Waals surface area contributed by atoms with E-state index in [4.69, 9.17) is 33.2 Å². The van der Waals surface area contributed by atoms with Crippen molar-refractivity contribution in [2.45, 2.75) is 57.5 Å². The Morgan fingerprint density at radius 3 is 1.96 bits per heavy atom. The van der Waals surface area contributed by atoms with Gasteiger partial charge in [0.1, 0.15) is 23.7 Å². The fourth-order valence-electron chi connectivity index (χ4n) is 10.5. The molecule has 24 heteroatoms. The third-order valence-electron chi connectivity index (χ3n) is 14.9. The number of aliphatic hydroxyl groups is 1. The van der Waals surface area contributed by atoms with E-state index in [1.807, 2.05) is 29.2 Å². The van der Waals surface area contributed by atoms with Crippen LogP contribution in [0.2, 0.25) is 0 Å². The summed E-state index contributed by atoms with van der Waals surface area (Å²) in [5.74, 6) is 0.757. The maximum atomic E-state index is 13.6. The van der Waals surface area contributed by atoms with E-state index in [2.05, 4.69) is 63.2 Å². The van der Waals surface area contributed by atoms with Crippen molar-refractivity contribution < 1.29 is 62.5 Å². The van der Waals surface area contributed by atoms with Gasteiger partial charge in [-0.2, -0.15) is 0 Å². The summed E-state index contributed by atoms with van der Waals surface area (Å²) in [5, 5.41) is 46.3. The molecule has 0 saturated carbocycles. The van der Waals surface area contributed by atoms with Crippen LogP contribution in [0.25, 0.3) is 10.9 Å². The SMILES string of the molecule is Cc1ccc2c(c1)NC[C@]21CCN(CC(O)C2CCN(C(=O)c3cc4cc(OCCOCCOCCOCCNC(=O)CCC(=O)NCCOCCOCCOCCNc5ccc([N+](=O)[O-])cc5[N+](=O)[O-])ccc4[nH]3)CC2)C[C@H]1C. The summed E-state index contributed by atoms with van der Waals surface area (Å²) in [6, 6.07) is 17.7. The number of ether oxygens (including phenoxy) is 7. The fraction of sp³-hybridized carbons (Fsp3) is 0.589. The minimum Gasteiger partial charge on any atom is -0.491 e. The number of carbonyl (C=O) groups excluding carboxylic acids is 3. The van der Waals surface area contributed by atoms with Crippen LogP contribution in [-0.2, 0) is 43.4 Å². The van der Waals surface area contributed by atoms with Crippen molar-refractivity contribution in [1.29, 1.82) is 0 Å². The third-order valence-corrected chi connectivity index (χ3v) is 14.9. The quantitative estimate of drug-likeness (QED) is 0.0205. The maximum Gasteiger partial charge on any atom is 0.299 e. The Kier molecular flexibility index (Phi) is 24.0. The molecule has 24 nitrogen and oxygen atoms in total. The first-order valence-electron chi connectivity index (χ1n) is 27.8.